The smallest absolute Gasteiger partial charge is 0.193 e. The SMILES string of the molecule is CCOCCCN=C(N)Nc1ccccc1OC. The topological polar surface area (TPSA) is 68.9 Å². The molecule has 3 N–H and O–H groups in total. The van der Waals surface area contributed by atoms with Crippen molar-refractivity contribution in [3.8, 4) is 5.75 Å². The van der Waals surface area contributed by atoms with Crippen molar-refractivity contribution in [1.29, 1.82) is 0 Å². The molecule has 0 spiro atoms. The van der Waals surface area contributed by atoms with Crippen LogP contribution in [0.1, 0.15) is 13.3 Å². The fraction of sp³-hybridized carbons (Fsp3) is 0.462. The van der Waals surface area contributed by atoms with E-state index in [1.165, 1.54) is 0 Å². The number of benzene rings is 1. The summed E-state index contributed by atoms with van der Waals surface area (Å²) < 4.78 is 10.4. The number of hydrogen-bond acceptors (Lipinski definition) is 3. The lowest BCUT2D eigenvalue weighted by molar-refractivity contribution is 0.146. The number of nitrogens with one attached hydrogen (secondary N) is 1. The standard InChI is InChI=1S/C13H21N3O2/c1-3-18-10-6-9-15-13(14)16-11-7-4-5-8-12(11)17-2/h4-5,7-8H,3,6,9-10H2,1-2H3,(H3,14,15,16). The van der Waals surface area contributed by atoms with E-state index in [2.05, 4.69) is 10.3 Å². The first-order chi connectivity index (χ1) is 8.77. The zero-order valence-corrected chi connectivity index (χ0v) is 11.0. The lowest BCUT2D eigenvalue weighted by Gasteiger charge is -2.10. The number of ether oxygens (including phenoxy) is 2. The van der Waals surface area contributed by atoms with Gasteiger partial charge in [-0.15, -0.1) is 0 Å². The summed E-state index contributed by atoms with van der Waals surface area (Å²) in [4.78, 5) is 4.21. The molecule has 0 fully saturated rings. The van der Waals surface area contributed by atoms with Crippen molar-refractivity contribution >= 4 is 11.6 Å². The van der Waals surface area contributed by atoms with Gasteiger partial charge in [-0.1, -0.05) is 12.1 Å². The van der Waals surface area contributed by atoms with E-state index >= 15 is 0 Å². The van der Waals surface area contributed by atoms with Gasteiger partial charge in [0, 0.05) is 19.8 Å². The first-order valence-corrected chi connectivity index (χ1v) is 6.05. The number of aliphatic imine (C=N–C) groups is 1. The number of rotatable bonds is 7. The maximum atomic E-state index is 5.79. The van der Waals surface area contributed by atoms with Gasteiger partial charge in [-0.25, -0.2) is 0 Å². The number of para-hydroxylation sites is 2. The number of nitrogens with zero attached hydrogens (tertiary/aromatic N) is 1. The summed E-state index contributed by atoms with van der Waals surface area (Å²) in [6.45, 7) is 4.06. The van der Waals surface area contributed by atoms with Crippen LogP contribution in [0, 0.1) is 0 Å². The van der Waals surface area contributed by atoms with Gasteiger partial charge in [0.25, 0.3) is 0 Å². The molecule has 100 valence electrons. The Morgan fingerprint density at radius 2 is 2.17 bits per heavy atom. The van der Waals surface area contributed by atoms with Gasteiger partial charge in [0.15, 0.2) is 5.96 Å². The molecule has 0 saturated carbocycles. The Balaban J connectivity index is 2.43. The van der Waals surface area contributed by atoms with E-state index in [1.54, 1.807) is 7.11 Å². The second-order valence-electron chi connectivity index (χ2n) is 3.64. The van der Waals surface area contributed by atoms with E-state index in [0.29, 0.717) is 19.1 Å². The molecule has 0 unspecified atom stereocenters. The highest BCUT2D eigenvalue weighted by Gasteiger charge is 2.01. The molecule has 0 heterocycles. The summed E-state index contributed by atoms with van der Waals surface area (Å²) >= 11 is 0. The van der Waals surface area contributed by atoms with Crippen LogP contribution < -0.4 is 15.8 Å². The zero-order chi connectivity index (χ0) is 13.2. The minimum absolute atomic E-state index is 0.385. The molecular formula is C13H21N3O2. The van der Waals surface area contributed by atoms with Crippen molar-refractivity contribution in [3.05, 3.63) is 24.3 Å². The highest BCUT2D eigenvalue weighted by molar-refractivity contribution is 5.93. The number of anilines is 1. The molecule has 0 saturated heterocycles. The van der Waals surface area contributed by atoms with E-state index in [-0.39, 0.29) is 0 Å². The maximum absolute atomic E-state index is 5.79. The van der Waals surface area contributed by atoms with Gasteiger partial charge in [0.2, 0.25) is 0 Å². The molecule has 0 radical (unpaired) electrons. The van der Waals surface area contributed by atoms with Crippen LogP contribution >= 0.6 is 0 Å². The summed E-state index contributed by atoms with van der Waals surface area (Å²) in [5, 5.41) is 3.01. The van der Waals surface area contributed by atoms with Crippen LogP contribution in [-0.4, -0.2) is 32.8 Å². The summed E-state index contributed by atoms with van der Waals surface area (Å²) in [6.07, 6.45) is 0.863. The van der Waals surface area contributed by atoms with E-state index in [9.17, 15) is 0 Å². The highest BCUT2D eigenvalue weighted by Crippen LogP contribution is 2.22. The molecular weight excluding hydrogens is 230 g/mol. The molecule has 0 amide bonds. The Bertz CT molecular complexity index is 380. The van der Waals surface area contributed by atoms with Gasteiger partial charge in [-0.2, -0.15) is 0 Å². The van der Waals surface area contributed by atoms with Crippen LogP contribution in [0.2, 0.25) is 0 Å². The number of methoxy groups -OCH3 is 1. The van der Waals surface area contributed by atoms with Crippen molar-refractivity contribution in [2.75, 3.05) is 32.2 Å². The van der Waals surface area contributed by atoms with Gasteiger partial charge in [-0.3, -0.25) is 4.99 Å². The van der Waals surface area contributed by atoms with Gasteiger partial charge in [0.05, 0.1) is 12.8 Å². The zero-order valence-electron chi connectivity index (χ0n) is 11.0. The van der Waals surface area contributed by atoms with E-state index in [0.717, 1.165) is 24.5 Å². The molecule has 18 heavy (non-hydrogen) atoms. The number of guanidine groups is 1. The number of nitrogens with two attached hydrogens (primary N) is 1. The van der Waals surface area contributed by atoms with E-state index in [1.807, 2.05) is 31.2 Å². The van der Waals surface area contributed by atoms with Crippen molar-refractivity contribution in [2.24, 2.45) is 10.7 Å². The summed E-state index contributed by atoms with van der Waals surface area (Å²) in [7, 11) is 1.62. The van der Waals surface area contributed by atoms with Crippen LogP contribution in [0.3, 0.4) is 0 Å². The first kappa shape index (κ1) is 14.3. The molecule has 0 aromatic heterocycles. The average Bonchev–Trinajstić information content (AvgIpc) is 2.39. The van der Waals surface area contributed by atoms with Gasteiger partial charge >= 0.3 is 0 Å². The molecule has 1 aromatic carbocycles. The Morgan fingerprint density at radius 3 is 2.89 bits per heavy atom. The van der Waals surface area contributed by atoms with Gasteiger partial charge < -0.3 is 20.5 Å². The van der Waals surface area contributed by atoms with Crippen LogP contribution in [0.4, 0.5) is 5.69 Å². The third-order valence-corrected chi connectivity index (χ3v) is 2.30. The lowest BCUT2D eigenvalue weighted by atomic mass is 10.3. The molecule has 0 aliphatic heterocycles. The monoisotopic (exact) mass is 251 g/mol. The van der Waals surface area contributed by atoms with Crippen LogP contribution in [-0.2, 0) is 4.74 Å². The number of hydrogen-bond donors (Lipinski definition) is 2. The minimum Gasteiger partial charge on any atom is -0.495 e. The molecule has 0 aliphatic rings. The third-order valence-electron chi connectivity index (χ3n) is 2.30. The van der Waals surface area contributed by atoms with Crippen LogP contribution in [0.25, 0.3) is 0 Å². The largest absolute Gasteiger partial charge is 0.495 e. The van der Waals surface area contributed by atoms with Crippen LogP contribution in [0.5, 0.6) is 5.75 Å². The summed E-state index contributed by atoms with van der Waals surface area (Å²) in [6, 6.07) is 7.57. The molecule has 0 bridgehead atoms. The van der Waals surface area contributed by atoms with Crippen molar-refractivity contribution in [3.63, 3.8) is 0 Å². The fourth-order valence-corrected chi connectivity index (χ4v) is 1.44. The van der Waals surface area contributed by atoms with Gasteiger partial charge in [0.1, 0.15) is 5.75 Å². The highest BCUT2D eigenvalue weighted by atomic mass is 16.5. The maximum Gasteiger partial charge on any atom is 0.193 e. The second-order valence-corrected chi connectivity index (χ2v) is 3.64. The van der Waals surface area contributed by atoms with Crippen LogP contribution in [0.15, 0.2) is 29.3 Å². The second kappa shape index (κ2) is 8.36. The molecule has 1 aromatic rings. The Morgan fingerprint density at radius 1 is 1.39 bits per heavy atom. The van der Waals surface area contributed by atoms with E-state index < -0.39 is 0 Å². The van der Waals surface area contributed by atoms with Crippen molar-refractivity contribution in [2.45, 2.75) is 13.3 Å². The first-order valence-electron chi connectivity index (χ1n) is 6.05. The van der Waals surface area contributed by atoms with Crippen molar-refractivity contribution < 1.29 is 9.47 Å². The Hall–Kier alpha value is -1.75. The summed E-state index contributed by atoms with van der Waals surface area (Å²) in [5.74, 6) is 1.13. The summed E-state index contributed by atoms with van der Waals surface area (Å²) in [5.41, 5.74) is 6.60. The minimum atomic E-state index is 0.385. The lowest BCUT2D eigenvalue weighted by Crippen LogP contribution is -2.23. The van der Waals surface area contributed by atoms with E-state index in [4.69, 9.17) is 15.2 Å². The quantitative estimate of drug-likeness (QED) is 0.441. The molecule has 5 heteroatoms. The normalized spacial score (nSPS) is 11.3. The van der Waals surface area contributed by atoms with Gasteiger partial charge in [-0.05, 0) is 25.5 Å². The predicted molar refractivity (Wildman–Crippen MR) is 74.2 cm³/mol. The average molecular weight is 251 g/mol. The molecule has 0 atom stereocenters. The Labute approximate surface area is 108 Å². The third kappa shape index (κ3) is 5.05. The Kier molecular flexibility index (Phi) is 6.64. The molecule has 1 rings (SSSR count). The fourth-order valence-electron chi connectivity index (χ4n) is 1.44. The predicted octanol–water partition coefficient (Wildman–Crippen LogP) is 1.85. The molecule has 5 nitrogen and oxygen atoms in total. The van der Waals surface area contributed by atoms with Crippen molar-refractivity contribution in [1.82, 2.24) is 0 Å². The molecule has 0 aliphatic carbocycles.